The van der Waals surface area contributed by atoms with Gasteiger partial charge in [0.25, 0.3) is 25.8 Å². The van der Waals surface area contributed by atoms with Gasteiger partial charge in [-0.3, -0.25) is 0 Å². The molecule has 10 nitrogen and oxygen atoms in total. The Hall–Kier alpha value is -3.22. The number of para-hydroxylation sites is 1. The minimum atomic E-state index is -4.57. The molecule has 1 aliphatic heterocycles. The molecule has 0 aromatic heterocycles. The number of aryl methyl sites for hydroxylation is 1. The molecule has 1 saturated heterocycles. The number of carbonyl (C=O) groups excluding carboxylic acids is 2. The number of hydrogen-bond acceptors (Lipinski definition) is 9. The molecule has 2 aromatic carbocycles. The molecule has 0 saturated carbocycles. The van der Waals surface area contributed by atoms with Crippen LogP contribution in [0, 0.1) is 6.92 Å². The molecule has 0 spiro atoms. The third-order valence-corrected chi connectivity index (χ3v) is 7.75. The van der Waals surface area contributed by atoms with Crippen LogP contribution < -0.4 is 9.44 Å². The molecule has 0 radical (unpaired) electrons. The second kappa shape index (κ2) is 8.37. The zero-order valence-electron chi connectivity index (χ0n) is 17.3. The first-order chi connectivity index (χ1) is 14.8. The summed E-state index contributed by atoms with van der Waals surface area (Å²) in [6.07, 6.45) is 0.934. The molecule has 0 aliphatic carbocycles. The third-order valence-electron chi connectivity index (χ3n) is 4.18. The molecule has 3 rings (SSSR count). The molecule has 0 amide bonds. The Kier molecular flexibility index (Phi) is 6.13. The first-order valence-corrected chi connectivity index (χ1v) is 12.2. The van der Waals surface area contributed by atoms with Gasteiger partial charge in [0.2, 0.25) is 0 Å². The highest BCUT2D eigenvalue weighted by molar-refractivity contribution is 8.04. The Labute approximate surface area is 185 Å². The van der Waals surface area contributed by atoms with Crippen molar-refractivity contribution in [3.63, 3.8) is 0 Å². The number of hydrogen-bond donors (Lipinski definition) is 2. The van der Waals surface area contributed by atoms with Gasteiger partial charge in [-0.1, -0.05) is 24.3 Å². The quantitative estimate of drug-likeness (QED) is 0.359. The van der Waals surface area contributed by atoms with E-state index in [4.69, 9.17) is 9.47 Å². The van der Waals surface area contributed by atoms with Gasteiger partial charge >= 0.3 is 11.9 Å². The van der Waals surface area contributed by atoms with Crippen molar-refractivity contribution >= 4 is 37.7 Å². The average molecular weight is 481 g/mol. The van der Waals surface area contributed by atoms with Crippen molar-refractivity contribution in [3.8, 4) is 0 Å². The van der Waals surface area contributed by atoms with Gasteiger partial charge in [-0.25, -0.2) is 26.4 Å². The fourth-order valence-electron chi connectivity index (χ4n) is 2.77. The van der Waals surface area contributed by atoms with Crippen LogP contribution in [0.15, 0.2) is 70.1 Å². The second-order valence-corrected chi connectivity index (χ2v) is 10.9. The molecule has 170 valence electrons. The van der Waals surface area contributed by atoms with Gasteiger partial charge in [0, 0.05) is 20.0 Å². The topological polar surface area (TPSA) is 145 Å². The zero-order chi connectivity index (χ0) is 23.7. The summed E-state index contributed by atoms with van der Waals surface area (Å²) in [6, 6.07) is 11.1. The first-order valence-electron chi connectivity index (χ1n) is 9.18. The van der Waals surface area contributed by atoms with E-state index in [9.17, 15) is 26.4 Å². The highest BCUT2D eigenvalue weighted by Gasteiger charge is 2.39. The minimum absolute atomic E-state index is 0.0858. The Morgan fingerprint density at radius 3 is 2.12 bits per heavy atom. The van der Waals surface area contributed by atoms with E-state index in [1.165, 1.54) is 50.2 Å². The van der Waals surface area contributed by atoms with Crippen molar-refractivity contribution in [2.45, 2.75) is 36.3 Å². The molecule has 12 heteroatoms. The number of sulfonamides is 2. The van der Waals surface area contributed by atoms with Crippen LogP contribution in [0.2, 0.25) is 0 Å². The van der Waals surface area contributed by atoms with Crippen LogP contribution >= 0.6 is 0 Å². The SMILES string of the molecule is Cc1cccc(S(=O)(=O)NS(=O)(=O)c2ccccc2NC=C2C(=O)OC(C)(C)OC2=O)c1. The number of cyclic esters (lactones) is 2. The Morgan fingerprint density at radius 2 is 1.50 bits per heavy atom. The Bertz CT molecular complexity index is 1310. The van der Waals surface area contributed by atoms with Crippen LogP contribution in [-0.4, -0.2) is 34.6 Å². The summed E-state index contributed by atoms with van der Waals surface area (Å²) >= 11 is 0. The molecule has 1 fully saturated rings. The molecule has 1 heterocycles. The highest BCUT2D eigenvalue weighted by atomic mass is 32.3. The van der Waals surface area contributed by atoms with Gasteiger partial charge in [-0.05, 0) is 36.8 Å². The molecule has 32 heavy (non-hydrogen) atoms. The molecule has 0 unspecified atom stereocenters. The normalized spacial score (nSPS) is 16.2. The number of esters is 2. The maximum Gasteiger partial charge on any atom is 0.350 e. The predicted molar refractivity (Wildman–Crippen MR) is 113 cm³/mol. The van der Waals surface area contributed by atoms with Crippen molar-refractivity contribution in [2.75, 3.05) is 5.32 Å². The predicted octanol–water partition coefficient (Wildman–Crippen LogP) is 1.79. The van der Waals surface area contributed by atoms with Crippen LogP contribution in [0.1, 0.15) is 19.4 Å². The van der Waals surface area contributed by atoms with Crippen LogP contribution in [-0.2, 0) is 39.1 Å². The Balaban J connectivity index is 1.91. The summed E-state index contributed by atoms with van der Waals surface area (Å²) in [5.74, 6) is -3.35. The molecule has 2 aromatic rings. The molecule has 2 N–H and O–H groups in total. The summed E-state index contributed by atoms with van der Waals surface area (Å²) in [7, 11) is -8.97. The fraction of sp³-hybridized carbons (Fsp3) is 0.200. The Morgan fingerprint density at radius 1 is 0.875 bits per heavy atom. The summed E-state index contributed by atoms with van der Waals surface area (Å²) in [4.78, 5) is 23.5. The van der Waals surface area contributed by atoms with E-state index in [-0.39, 0.29) is 10.6 Å². The lowest BCUT2D eigenvalue weighted by Crippen LogP contribution is -2.42. The van der Waals surface area contributed by atoms with E-state index in [2.05, 4.69) is 5.32 Å². The highest BCUT2D eigenvalue weighted by Crippen LogP contribution is 2.25. The van der Waals surface area contributed by atoms with Crippen molar-refractivity contribution in [3.05, 3.63) is 65.9 Å². The molecular weight excluding hydrogens is 460 g/mol. The number of anilines is 1. The van der Waals surface area contributed by atoms with Gasteiger partial charge in [0.15, 0.2) is 5.57 Å². The third kappa shape index (κ3) is 5.15. The summed E-state index contributed by atoms with van der Waals surface area (Å²) in [5.41, 5.74) is 0.0580. The van der Waals surface area contributed by atoms with E-state index in [1.54, 1.807) is 17.1 Å². The second-order valence-electron chi connectivity index (χ2n) is 7.28. The largest absolute Gasteiger partial charge is 0.419 e. The zero-order valence-corrected chi connectivity index (χ0v) is 18.9. The van der Waals surface area contributed by atoms with E-state index >= 15 is 0 Å². The van der Waals surface area contributed by atoms with E-state index in [0.29, 0.717) is 5.56 Å². The van der Waals surface area contributed by atoms with Crippen molar-refractivity contribution in [2.24, 2.45) is 0 Å². The monoisotopic (exact) mass is 480 g/mol. The maximum atomic E-state index is 12.9. The molecule has 0 bridgehead atoms. The lowest BCUT2D eigenvalue weighted by molar-refractivity contribution is -0.222. The van der Waals surface area contributed by atoms with Gasteiger partial charge in [-0.2, -0.15) is 0 Å². The number of rotatable bonds is 6. The average Bonchev–Trinajstić information content (AvgIpc) is 2.66. The lowest BCUT2D eigenvalue weighted by atomic mass is 10.2. The minimum Gasteiger partial charge on any atom is -0.419 e. The van der Waals surface area contributed by atoms with Crippen LogP contribution in [0.4, 0.5) is 5.69 Å². The van der Waals surface area contributed by atoms with Gasteiger partial charge in [0.05, 0.1) is 10.6 Å². The van der Waals surface area contributed by atoms with Gasteiger partial charge < -0.3 is 14.8 Å². The standard InChI is InChI=1S/C20H20N2O8S2/c1-13-7-6-8-14(11-13)31(25,26)22-32(27,28)17-10-5-4-9-16(17)21-12-15-18(23)29-20(2,3)30-19(15)24/h4-12,21-22H,1-3H3. The number of carbonyl (C=O) groups is 2. The van der Waals surface area contributed by atoms with E-state index in [1.807, 2.05) is 0 Å². The van der Waals surface area contributed by atoms with E-state index in [0.717, 1.165) is 12.3 Å². The number of ether oxygens (including phenoxy) is 2. The summed E-state index contributed by atoms with van der Waals surface area (Å²) in [5, 5.41) is 2.53. The summed E-state index contributed by atoms with van der Waals surface area (Å²) in [6.45, 7) is 4.44. The van der Waals surface area contributed by atoms with Gasteiger partial charge in [-0.15, -0.1) is 4.13 Å². The first kappa shape index (κ1) is 23.4. The van der Waals surface area contributed by atoms with Crippen LogP contribution in [0.5, 0.6) is 0 Å². The van der Waals surface area contributed by atoms with Gasteiger partial charge in [0.1, 0.15) is 4.90 Å². The lowest BCUT2D eigenvalue weighted by Gasteiger charge is -2.29. The smallest absolute Gasteiger partial charge is 0.350 e. The van der Waals surface area contributed by atoms with Crippen molar-refractivity contribution in [1.29, 1.82) is 0 Å². The molecular formula is C20H20N2O8S2. The maximum absolute atomic E-state index is 12.9. The number of nitrogens with one attached hydrogen (secondary N) is 2. The molecule has 0 atom stereocenters. The van der Waals surface area contributed by atoms with Crippen molar-refractivity contribution in [1.82, 2.24) is 4.13 Å². The summed E-state index contributed by atoms with van der Waals surface area (Å²) < 4.78 is 62.5. The van der Waals surface area contributed by atoms with Crippen LogP contribution in [0.25, 0.3) is 0 Å². The van der Waals surface area contributed by atoms with Crippen LogP contribution in [0.3, 0.4) is 0 Å². The molecule has 1 aliphatic rings. The number of benzene rings is 2. The van der Waals surface area contributed by atoms with Crippen molar-refractivity contribution < 1.29 is 35.9 Å². The van der Waals surface area contributed by atoms with E-state index < -0.39 is 48.2 Å². The fourth-order valence-corrected chi connectivity index (χ4v) is 5.94.